The second kappa shape index (κ2) is 8.77. The van der Waals surface area contributed by atoms with E-state index in [0.717, 1.165) is 11.8 Å². The topological polar surface area (TPSA) is 181 Å². The molecule has 4 rings (SSSR count). The van der Waals surface area contributed by atoms with Crippen molar-refractivity contribution in [2.75, 3.05) is 6.61 Å². The summed E-state index contributed by atoms with van der Waals surface area (Å²) in [6, 6.07) is 3.11. The summed E-state index contributed by atoms with van der Waals surface area (Å²) in [5.41, 5.74) is 2.40. The number of aliphatic hydroxyl groups excluding tert-OH is 1. The van der Waals surface area contributed by atoms with Gasteiger partial charge in [0.05, 0.1) is 29.1 Å². The molecule has 12 heteroatoms. The number of Topliss-reactive ketones (excluding diaryl/α,β-unsaturated/α-hetero) is 4. The van der Waals surface area contributed by atoms with Crippen LogP contribution in [0.15, 0.2) is 17.0 Å². The smallest absolute Gasteiger partial charge is 0.235 e. The Bertz CT molecular complexity index is 1200. The number of primary amides is 1. The fraction of sp³-hybridized carbons (Fsp3) is 0.478. The van der Waals surface area contributed by atoms with Crippen LogP contribution >= 0.6 is 24.0 Å². The van der Waals surface area contributed by atoms with Crippen LogP contribution in [0, 0.1) is 23.7 Å². The van der Waals surface area contributed by atoms with E-state index in [1.165, 1.54) is 6.07 Å². The van der Waals surface area contributed by atoms with Crippen LogP contribution in [-0.4, -0.2) is 67.1 Å². The lowest BCUT2D eigenvalue weighted by Gasteiger charge is -2.52. The molecule has 0 spiro atoms. The standard InChI is InChI=1S/C23H23NO9S2/c1-3-33-22(34)35-11-5-4-8-7(2)12-15(18(28)13(8)17(11)27)20(30)23(32)9(16(12)26)6-10(25)14(19(23)29)21(24)31/h4-5,7,9,12,14-16,26-27,32H,3,6H2,1-2H3,(H2,24,31)/t7-,9-,12-,14?,15?,16-,23-/m1/s1. The Balaban J connectivity index is 1.82. The summed E-state index contributed by atoms with van der Waals surface area (Å²) in [7, 11) is 0. The number of thioether (sulfide) groups is 1. The van der Waals surface area contributed by atoms with E-state index in [-0.39, 0.29) is 14.8 Å². The van der Waals surface area contributed by atoms with Crippen LogP contribution in [0.25, 0.3) is 0 Å². The average molecular weight is 522 g/mol. The van der Waals surface area contributed by atoms with E-state index >= 15 is 0 Å². The van der Waals surface area contributed by atoms with E-state index in [1.807, 2.05) is 0 Å². The third-order valence-electron chi connectivity index (χ3n) is 7.28. The lowest BCUT2D eigenvalue weighted by atomic mass is 9.50. The molecule has 0 aliphatic heterocycles. The summed E-state index contributed by atoms with van der Waals surface area (Å²) in [4.78, 5) is 64.6. The molecule has 1 aromatic carbocycles. The molecule has 35 heavy (non-hydrogen) atoms. The van der Waals surface area contributed by atoms with Crippen LogP contribution in [0.3, 0.4) is 0 Å². The molecule has 0 aromatic heterocycles. The van der Waals surface area contributed by atoms with E-state index in [2.05, 4.69) is 0 Å². The minimum atomic E-state index is -2.94. The molecule has 0 bridgehead atoms. The summed E-state index contributed by atoms with van der Waals surface area (Å²) in [5, 5.41) is 33.3. The second-order valence-electron chi connectivity index (χ2n) is 8.97. The lowest BCUT2D eigenvalue weighted by Crippen LogP contribution is -2.72. The van der Waals surface area contributed by atoms with Crippen LogP contribution in [0.1, 0.15) is 42.1 Å². The van der Waals surface area contributed by atoms with Crippen LogP contribution in [0.4, 0.5) is 0 Å². The van der Waals surface area contributed by atoms with E-state index in [9.17, 15) is 39.3 Å². The Hall–Kier alpha value is -2.67. The van der Waals surface area contributed by atoms with Gasteiger partial charge in [-0.3, -0.25) is 24.0 Å². The van der Waals surface area contributed by atoms with Crippen LogP contribution in [-0.2, 0) is 23.9 Å². The Morgan fingerprint density at radius 2 is 1.91 bits per heavy atom. The van der Waals surface area contributed by atoms with Gasteiger partial charge in [-0.25, -0.2) is 0 Å². The van der Waals surface area contributed by atoms with Crippen molar-refractivity contribution < 1.29 is 44.0 Å². The monoisotopic (exact) mass is 521 g/mol. The fourth-order valence-corrected chi connectivity index (χ4v) is 6.73. The van der Waals surface area contributed by atoms with Crippen molar-refractivity contribution in [3.63, 3.8) is 0 Å². The van der Waals surface area contributed by atoms with Crippen molar-refractivity contribution in [2.45, 2.75) is 42.8 Å². The zero-order chi connectivity index (χ0) is 26.0. The van der Waals surface area contributed by atoms with Crippen LogP contribution in [0.5, 0.6) is 5.75 Å². The van der Waals surface area contributed by atoms with Gasteiger partial charge in [-0.1, -0.05) is 13.0 Å². The summed E-state index contributed by atoms with van der Waals surface area (Å²) in [6.45, 7) is 3.66. The number of phenolic OH excluding ortho intramolecular Hbond substituents is 1. The Kier molecular flexibility index (Phi) is 6.37. The highest BCUT2D eigenvalue weighted by molar-refractivity contribution is 8.22. The third kappa shape index (κ3) is 3.53. The first-order chi connectivity index (χ1) is 16.4. The Morgan fingerprint density at radius 3 is 2.51 bits per heavy atom. The molecule has 0 heterocycles. The van der Waals surface area contributed by atoms with Gasteiger partial charge in [-0.2, -0.15) is 0 Å². The molecule has 2 unspecified atom stereocenters. The Labute approximate surface area is 209 Å². The number of carbonyl (C=O) groups is 5. The van der Waals surface area contributed by atoms with Crippen LogP contribution < -0.4 is 5.73 Å². The van der Waals surface area contributed by atoms with Gasteiger partial charge in [-0.15, -0.1) is 0 Å². The minimum Gasteiger partial charge on any atom is -0.506 e. The molecule has 2 saturated carbocycles. The van der Waals surface area contributed by atoms with Gasteiger partial charge in [0.1, 0.15) is 5.75 Å². The van der Waals surface area contributed by atoms with Gasteiger partial charge >= 0.3 is 0 Å². The number of thiocarbonyl (C=S) groups is 1. The number of fused-ring (bicyclic) bond motifs is 3. The van der Waals surface area contributed by atoms with Crippen molar-refractivity contribution in [3.05, 3.63) is 23.3 Å². The summed E-state index contributed by atoms with van der Waals surface area (Å²) >= 11 is 5.99. The molecule has 0 saturated heterocycles. The molecule has 1 amide bonds. The maximum atomic E-state index is 13.6. The number of carbonyl (C=O) groups excluding carboxylic acids is 5. The number of aliphatic hydroxyl groups is 2. The molecule has 7 atom stereocenters. The van der Waals surface area contributed by atoms with Gasteiger partial charge in [0.15, 0.2) is 34.7 Å². The molecule has 5 N–H and O–H groups in total. The number of ketones is 4. The number of hydrogen-bond acceptors (Lipinski definition) is 11. The SMILES string of the molecule is CCOC(=S)Sc1ccc2c(c1O)C(=O)C1C(=O)[C@]3(O)C(=O)C(C(N)=O)C(=O)C[C@@H]3[C@@H](O)[C@@H]1[C@@H]2C. The van der Waals surface area contributed by atoms with Crippen molar-refractivity contribution in [3.8, 4) is 5.75 Å². The quantitative estimate of drug-likeness (QED) is 0.243. The second-order valence-corrected chi connectivity index (χ2v) is 10.6. The van der Waals surface area contributed by atoms with Gasteiger partial charge in [-0.05, 0) is 48.5 Å². The molecule has 0 radical (unpaired) electrons. The van der Waals surface area contributed by atoms with Gasteiger partial charge in [0.2, 0.25) is 10.3 Å². The lowest BCUT2D eigenvalue weighted by molar-refractivity contribution is -0.189. The summed E-state index contributed by atoms with van der Waals surface area (Å²) < 4.78 is 5.31. The zero-order valence-corrected chi connectivity index (χ0v) is 20.4. The number of rotatable bonds is 3. The number of benzene rings is 1. The van der Waals surface area contributed by atoms with Crippen molar-refractivity contribution in [2.24, 2.45) is 29.4 Å². The number of nitrogens with two attached hydrogens (primary N) is 1. The van der Waals surface area contributed by atoms with E-state index in [1.54, 1.807) is 19.9 Å². The number of aromatic hydroxyl groups is 1. The fourth-order valence-electron chi connectivity index (χ4n) is 5.66. The van der Waals surface area contributed by atoms with Crippen LogP contribution in [0.2, 0.25) is 0 Å². The predicted octanol–water partition coefficient (Wildman–Crippen LogP) is 0.272. The van der Waals surface area contributed by atoms with Gasteiger partial charge < -0.3 is 25.8 Å². The number of phenols is 1. The number of hydrogen-bond donors (Lipinski definition) is 4. The Morgan fingerprint density at radius 1 is 1.26 bits per heavy atom. The first-order valence-corrected chi connectivity index (χ1v) is 12.2. The van der Waals surface area contributed by atoms with E-state index in [4.69, 9.17) is 22.7 Å². The van der Waals surface area contributed by atoms with E-state index in [0.29, 0.717) is 12.2 Å². The van der Waals surface area contributed by atoms with E-state index < -0.39 is 82.5 Å². The molecular weight excluding hydrogens is 498 g/mol. The highest BCUT2D eigenvalue weighted by atomic mass is 32.2. The highest BCUT2D eigenvalue weighted by Crippen LogP contribution is 2.54. The van der Waals surface area contributed by atoms with Gasteiger partial charge in [0.25, 0.3) is 0 Å². The summed E-state index contributed by atoms with van der Waals surface area (Å²) in [6.07, 6.45) is -2.23. The van der Waals surface area contributed by atoms with Gasteiger partial charge in [0, 0.05) is 18.3 Å². The third-order valence-corrected chi connectivity index (χ3v) is 8.48. The molecule has 3 aliphatic carbocycles. The molecule has 186 valence electrons. The number of amides is 1. The maximum Gasteiger partial charge on any atom is 0.235 e. The average Bonchev–Trinajstić information content (AvgIpc) is 2.78. The first-order valence-electron chi connectivity index (χ1n) is 10.9. The molecule has 2 fully saturated rings. The minimum absolute atomic E-state index is 0.105. The molecule has 1 aromatic rings. The molecular formula is C23H23NO9S2. The normalized spacial score (nSPS) is 34.1. The zero-order valence-electron chi connectivity index (χ0n) is 18.7. The predicted molar refractivity (Wildman–Crippen MR) is 125 cm³/mol. The largest absolute Gasteiger partial charge is 0.506 e. The van der Waals surface area contributed by atoms with Crippen molar-refractivity contribution >= 4 is 57.4 Å². The first kappa shape index (κ1) is 25.4. The maximum absolute atomic E-state index is 13.6. The molecule has 3 aliphatic rings. The summed E-state index contributed by atoms with van der Waals surface area (Å²) in [5.74, 6) is -13.2. The molecule has 10 nitrogen and oxygen atoms in total. The van der Waals surface area contributed by atoms with Crippen molar-refractivity contribution in [1.29, 1.82) is 0 Å². The van der Waals surface area contributed by atoms with Crippen molar-refractivity contribution in [1.82, 2.24) is 0 Å². The highest BCUT2D eigenvalue weighted by Gasteiger charge is 2.69. The number of ether oxygens (including phenoxy) is 1.